The summed E-state index contributed by atoms with van der Waals surface area (Å²) >= 11 is 0. The quantitative estimate of drug-likeness (QED) is 0.868. The second kappa shape index (κ2) is 6.68. The third kappa shape index (κ3) is 4.18. The minimum absolute atomic E-state index is 0.0862. The maximum Gasteiger partial charge on any atom is 0.387 e. The number of ether oxygens (including phenoxy) is 1. The molecule has 0 unspecified atom stereocenters. The van der Waals surface area contributed by atoms with Crippen LogP contribution in [0.4, 0.5) is 8.78 Å². The fourth-order valence-corrected chi connectivity index (χ4v) is 2.27. The topological polar surface area (TPSA) is 52.3 Å². The van der Waals surface area contributed by atoms with E-state index in [4.69, 9.17) is 5.73 Å². The Morgan fingerprint density at radius 3 is 1.90 bits per heavy atom. The van der Waals surface area contributed by atoms with E-state index in [1.54, 1.807) is 12.1 Å². The highest BCUT2D eigenvalue weighted by Crippen LogP contribution is 2.33. The predicted octanol–water partition coefficient (Wildman–Crippen LogP) is 3.56. The highest BCUT2D eigenvalue weighted by atomic mass is 19.3. The molecule has 0 aliphatic carbocycles. The first-order chi connectivity index (χ1) is 9.22. The van der Waals surface area contributed by atoms with Gasteiger partial charge in [0.2, 0.25) is 5.91 Å². The van der Waals surface area contributed by atoms with Crippen LogP contribution in [-0.2, 0) is 11.2 Å². The highest BCUT2D eigenvalue weighted by molar-refractivity contribution is 5.78. The average Bonchev–Trinajstić information content (AvgIpc) is 2.28. The van der Waals surface area contributed by atoms with Crippen LogP contribution in [0.5, 0.6) is 5.75 Å². The molecule has 0 fully saturated rings. The third-order valence-electron chi connectivity index (χ3n) is 3.11. The molecule has 0 saturated carbocycles. The van der Waals surface area contributed by atoms with Gasteiger partial charge >= 0.3 is 6.61 Å². The van der Waals surface area contributed by atoms with E-state index in [2.05, 4.69) is 4.74 Å². The molecule has 0 saturated heterocycles. The Hall–Kier alpha value is -1.65. The van der Waals surface area contributed by atoms with E-state index in [0.29, 0.717) is 0 Å². The molecule has 1 amide bonds. The Morgan fingerprint density at radius 2 is 1.60 bits per heavy atom. The van der Waals surface area contributed by atoms with Gasteiger partial charge in [-0.3, -0.25) is 4.79 Å². The van der Waals surface area contributed by atoms with E-state index in [-0.39, 0.29) is 24.0 Å². The lowest BCUT2D eigenvalue weighted by molar-refractivity contribution is -0.117. The molecule has 1 aromatic carbocycles. The van der Waals surface area contributed by atoms with Crippen molar-refractivity contribution in [3.63, 3.8) is 0 Å². The summed E-state index contributed by atoms with van der Waals surface area (Å²) in [6.45, 7) is 4.90. The number of rotatable bonds is 6. The van der Waals surface area contributed by atoms with E-state index < -0.39 is 12.5 Å². The van der Waals surface area contributed by atoms with Crippen LogP contribution in [0.25, 0.3) is 0 Å². The van der Waals surface area contributed by atoms with Crippen molar-refractivity contribution in [2.45, 2.75) is 52.6 Å². The number of primary amides is 1. The summed E-state index contributed by atoms with van der Waals surface area (Å²) in [5.74, 6) is -0.136. The molecule has 0 bridgehead atoms. The summed E-state index contributed by atoms with van der Waals surface area (Å²) in [6, 6.07) is 3.14. The number of alkyl halides is 2. The number of hydrogen-bond donors (Lipinski definition) is 1. The van der Waals surface area contributed by atoms with Gasteiger partial charge in [-0.05, 0) is 40.7 Å². The summed E-state index contributed by atoms with van der Waals surface area (Å²) in [6.07, 6.45) is 0.107. The number of halogens is 2. The molecular weight excluding hydrogens is 264 g/mol. The second-order valence-electron chi connectivity index (χ2n) is 5.41. The zero-order chi connectivity index (χ0) is 15.4. The van der Waals surface area contributed by atoms with Gasteiger partial charge in [0.25, 0.3) is 0 Å². The molecule has 0 atom stereocenters. The van der Waals surface area contributed by atoms with Gasteiger partial charge in [-0.25, -0.2) is 0 Å². The van der Waals surface area contributed by atoms with E-state index in [9.17, 15) is 13.6 Å². The van der Waals surface area contributed by atoms with Crippen molar-refractivity contribution >= 4 is 5.91 Å². The van der Waals surface area contributed by atoms with Gasteiger partial charge in [0.1, 0.15) is 5.75 Å². The van der Waals surface area contributed by atoms with E-state index in [0.717, 1.165) is 16.7 Å². The summed E-state index contributed by atoms with van der Waals surface area (Å²) in [5.41, 5.74) is 7.76. The average molecular weight is 285 g/mol. The van der Waals surface area contributed by atoms with Gasteiger partial charge in [0.15, 0.2) is 0 Å². The van der Waals surface area contributed by atoms with Crippen LogP contribution in [-0.4, -0.2) is 12.5 Å². The first-order valence-corrected chi connectivity index (χ1v) is 6.62. The molecule has 0 heterocycles. The highest BCUT2D eigenvalue weighted by Gasteiger charge is 2.19. The lowest BCUT2D eigenvalue weighted by Gasteiger charge is -2.21. The molecular formula is C15H21F2NO2. The zero-order valence-electron chi connectivity index (χ0n) is 12.2. The molecule has 5 heteroatoms. The zero-order valence-corrected chi connectivity index (χ0v) is 12.2. The fraction of sp³-hybridized carbons (Fsp3) is 0.533. The van der Waals surface area contributed by atoms with Crippen molar-refractivity contribution in [2.75, 3.05) is 0 Å². The lowest BCUT2D eigenvalue weighted by Crippen LogP contribution is -2.17. The van der Waals surface area contributed by atoms with Gasteiger partial charge < -0.3 is 10.5 Å². The van der Waals surface area contributed by atoms with Crippen molar-refractivity contribution < 1.29 is 18.3 Å². The molecule has 0 aromatic heterocycles. The minimum Gasteiger partial charge on any atom is -0.435 e. The lowest BCUT2D eigenvalue weighted by atomic mass is 9.86. The Morgan fingerprint density at radius 1 is 1.15 bits per heavy atom. The first-order valence-electron chi connectivity index (χ1n) is 6.62. The van der Waals surface area contributed by atoms with E-state index in [1.807, 2.05) is 27.7 Å². The van der Waals surface area contributed by atoms with Crippen LogP contribution in [0.3, 0.4) is 0 Å². The maximum absolute atomic E-state index is 12.4. The van der Waals surface area contributed by atoms with E-state index >= 15 is 0 Å². The smallest absolute Gasteiger partial charge is 0.387 e. The minimum atomic E-state index is -2.86. The summed E-state index contributed by atoms with van der Waals surface area (Å²) in [4.78, 5) is 11.3. The van der Waals surface area contributed by atoms with Crippen molar-refractivity contribution in [1.82, 2.24) is 0 Å². The normalized spacial score (nSPS) is 11.4. The molecule has 1 rings (SSSR count). The second-order valence-corrected chi connectivity index (χ2v) is 5.41. The molecule has 3 nitrogen and oxygen atoms in total. The predicted molar refractivity (Wildman–Crippen MR) is 74.2 cm³/mol. The maximum atomic E-state index is 12.4. The van der Waals surface area contributed by atoms with E-state index in [1.165, 1.54) is 0 Å². The largest absolute Gasteiger partial charge is 0.435 e. The van der Waals surface area contributed by atoms with Gasteiger partial charge in [-0.15, -0.1) is 0 Å². The molecule has 0 aliphatic rings. The number of benzene rings is 1. The van der Waals surface area contributed by atoms with Gasteiger partial charge in [0.05, 0.1) is 6.42 Å². The monoisotopic (exact) mass is 285 g/mol. The molecule has 0 radical (unpaired) electrons. The Kier molecular flexibility index (Phi) is 5.48. The first kappa shape index (κ1) is 16.4. The van der Waals surface area contributed by atoms with Crippen LogP contribution in [0.15, 0.2) is 12.1 Å². The standard InChI is InChI=1S/C15H21F2NO2/c1-8(2)11-5-10(20-15(16)17)6-12(9(3)4)13(11)7-14(18)19/h5-6,8-9,15H,7H2,1-4H3,(H2,18,19). The number of hydrogen-bond acceptors (Lipinski definition) is 2. The molecule has 20 heavy (non-hydrogen) atoms. The summed E-state index contributed by atoms with van der Waals surface area (Å²) < 4.78 is 29.3. The van der Waals surface area contributed by atoms with Crippen LogP contribution in [0.2, 0.25) is 0 Å². The van der Waals surface area contributed by atoms with Crippen LogP contribution >= 0.6 is 0 Å². The molecule has 2 N–H and O–H groups in total. The fourth-order valence-electron chi connectivity index (χ4n) is 2.27. The van der Waals surface area contributed by atoms with Crippen LogP contribution in [0.1, 0.15) is 56.2 Å². The number of nitrogens with two attached hydrogens (primary N) is 1. The molecule has 0 spiro atoms. The van der Waals surface area contributed by atoms with Crippen molar-refractivity contribution in [3.05, 3.63) is 28.8 Å². The Bertz CT molecular complexity index is 456. The van der Waals surface area contributed by atoms with Crippen LogP contribution in [0, 0.1) is 0 Å². The molecule has 1 aromatic rings. The van der Waals surface area contributed by atoms with Crippen molar-refractivity contribution in [2.24, 2.45) is 5.73 Å². The Balaban J connectivity index is 3.41. The summed E-state index contributed by atoms with van der Waals surface area (Å²) in [7, 11) is 0. The third-order valence-corrected chi connectivity index (χ3v) is 3.11. The number of amides is 1. The summed E-state index contributed by atoms with van der Waals surface area (Å²) in [5, 5.41) is 0. The van der Waals surface area contributed by atoms with Gasteiger partial charge in [0, 0.05) is 0 Å². The van der Waals surface area contributed by atoms with Crippen molar-refractivity contribution in [3.8, 4) is 5.75 Å². The van der Waals surface area contributed by atoms with Crippen LogP contribution < -0.4 is 10.5 Å². The molecule has 112 valence electrons. The van der Waals surface area contributed by atoms with Gasteiger partial charge in [-0.1, -0.05) is 27.7 Å². The molecule has 0 aliphatic heterocycles. The van der Waals surface area contributed by atoms with Crippen molar-refractivity contribution in [1.29, 1.82) is 0 Å². The number of carbonyl (C=O) groups excluding carboxylic acids is 1. The number of carbonyl (C=O) groups is 1. The Labute approximate surface area is 118 Å². The van der Waals surface area contributed by atoms with Gasteiger partial charge in [-0.2, -0.15) is 8.78 Å². The SMILES string of the molecule is CC(C)c1cc(OC(F)F)cc(C(C)C)c1CC(N)=O.